The molecule has 0 saturated heterocycles. The van der Waals surface area contributed by atoms with Crippen LogP contribution in [0, 0.1) is 6.92 Å². The number of benzene rings is 2. The maximum Gasteiger partial charge on any atom is 0.257 e. The van der Waals surface area contributed by atoms with Crippen LogP contribution in [0.1, 0.15) is 50.5 Å². The summed E-state index contributed by atoms with van der Waals surface area (Å²) in [6, 6.07) is 9.40. The van der Waals surface area contributed by atoms with Gasteiger partial charge >= 0.3 is 0 Å². The number of aryl methyl sites for hydroxylation is 1. The summed E-state index contributed by atoms with van der Waals surface area (Å²) >= 11 is 5.40. The molecule has 0 atom stereocenters. The van der Waals surface area contributed by atoms with Gasteiger partial charge in [-0.3, -0.25) is 10.1 Å². The first kappa shape index (κ1) is 26.3. The molecule has 0 unspecified atom stereocenters. The van der Waals surface area contributed by atoms with Crippen molar-refractivity contribution in [2.75, 3.05) is 43.1 Å². The third-order valence-electron chi connectivity index (χ3n) is 4.99. The molecule has 0 heterocycles. The van der Waals surface area contributed by atoms with E-state index in [0.717, 1.165) is 30.0 Å². The molecule has 2 aromatic carbocycles. The molecule has 1 amide bonds. The number of hydrogen-bond donors (Lipinski definition) is 2. The molecule has 0 aliphatic heterocycles. The van der Waals surface area contributed by atoms with E-state index in [9.17, 15) is 4.79 Å². The van der Waals surface area contributed by atoms with Crippen molar-refractivity contribution in [2.45, 2.75) is 41.5 Å². The number of amides is 1. The normalized spacial score (nSPS) is 10.4. The molecule has 0 spiro atoms. The topological polar surface area (TPSA) is 72.1 Å². The van der Waals surface area contributed by atoms with E-state index in [4.69, 9.17) is 26.4 Å². The van der Waals surface area contributed by atoms with Crippen LogP contribution in [-0.2, 0) is 0 Å². The zero-order chi connectivity index (χ0) is 24.4. The highest BCUT2D eigenvalue weighted by molar-refractivity contribution is 7.80. The van der Waals surface area contributed by atoms with E-state index in [2.05, 4.69) is 35.4 Å². The fourth-order valence-electron chi connectivity index (χ4n) is 3.42. The van der Waals surface area contributed by atoms with Gasteiger partial charge in [-0.15, -0.1) is 0 Å². The Morgan fingerprint density at radius 1 is 0.909 bits per heavy atom. The maximum absolute atomic E-state index is 12.9. The molecule has 0 radical (unpaired) electrons. The lowest BCUT2D eigenvalue weighted by Crippen LogP contribution is -2.34. The first-order valence-corrected chi connectivity index (χ1v) is 11.8. The van der Waals surface area contributed by atoms with Crippen molar-refractivity contribution in [3.63, 3.8) is 0 Å². The van der Waals surface area contributed by atoms with Crippen molar-refractivity contribution in [1.29, 1.82) is 0 Å². The van der Waals surface area contributed by atoms with E-state index >= 15 is 0 Å². The third kappa shape index (κ3) is 6.99. The molecule has 33 heavy (non-hydrogen) atoms. The van der Waals surface area contributed by atoms with Gasteiger partial charge in [-0.2, -0.15) is 0 Å². The molecule has 0 aliphatic rings. The highest BCUT2D eigenvalue weighted by Crippen LogP contribution is 2.39. The average molecular weight is 474 g/mol. The molecule has 2 rings (SSSR count). The minimum Gasteiger partial charge on any atom is -0.490 e. The van der Waals surface area contributed by atoms with Gasteiger partial charge in [0, 0.05) is 30.0 Å². The van der Waals surface area contributed by atoms with Gasteiger partial charge in [-0.1, -0.05) is 0 Å². The second-order valence-corrected chi connectivity index (χ2v) is 7.59. The van der Waals surface area contributed by atoms with Crippen molar-refractivity contribution in [3.05, 3.63) is 41.5 Å². The van der Waals surface area contributed by atoms with Crippen LogP contribution in [-0.4, -0.2) is 43.9 Å². The predicted octanol–water partition coefficient (Wildman–Crippen LogP) is 5.16. The second-order valence-electron chi connectivity index (χ2n) is 7.18. The Morgan fingerprint density at radius 3 is 1.97 bits per heavy atom. The van der Waals surface area contributed by atoms with Gasteiger partial charge in [0.05, 0.1) is 19.8 Å². The zero-order valence-corrected chi connectivity index (χ0v) is 21.2. The number of carbonyl (C=O) groups is 1. The Morgan fingerprint density at radius 2 is 1.48 bits per heavy atom. The summed E-state index contributed by atoms with van der Waals surface area (Å²) in [6.45, 7) is 15.1. The largest absolute Gasteiger partial charge is 0.490 e. The highest BCUT2D eigenvalue weighted by atomic mass is 32.1. The molecule has 0 saturated carbocycles. The SMILES string of the molecule is CCOc1cc(C(=O)NC(=S)Nc2ccc(N(CC)CC)cc2C)cc(OCC)c1OCC. The monoisotopic (exact) mass is 473 g/mol. The summed E-state index contributed by atoms with van der Waals surface area (Å²) in [4.78, 5) is 15.2. The molecule has 0 aliphatic carbocycles. The Balaban J connectivity index is 2.19. The summed E-state index contributed by atoms with van der Waals surface area (Å²) in [5.41, 5.74) is 3.39. The Hall–Kier alpha value is -3.00. The summed E-state index contributed by atoms with van der Waals surface area (Å²) in [7, 11) is 0. The minimum atomic E-state index is -0.366. The van der Waals surface area contributed by atoms with E-state index in [1.54, 1.807) is 12.1 Å². The number of rotatable bonds is 11. The lowest BCUT2D eigenvalue weighted by molar-refractivity contribution is 0.0976. The number of anilines is 2. The summed E-state index contributed by atoms with van der Waals surface area (Å²) in [5, 5.41) is 6.07. The molecular formula is C25H35N3O4S. The molecule has 2 N–H and O–H groups in total. The predicted molar refractivity (Wildman–Crippen MR) is 138 cm³/mol. The van der Waals surface area contributed by atoms with Crippen LogP contribution in [0.4, 0.5) is 11.4 Å². The smallest absolute Gasteiger partial charge is 0.257 e. The van der Waals surface area contributed by atoms with Crippen LogP contribution >= 0.6 is 12.2 Å². The quantitative estimate of drug-likeness (QED) is 0.437. The van der Waals surface area contributed by atoms with Crippen molar-refractivity contribution in [2.24, 2.45) is 0 Å². The van der Waals surface area contributed by atoms with Crippen LogP contribution in [0.2, 0.25) is 0 Å². The second kappa shape index (κ2) is 12.9. The van der Waals surface area contributed by atoms with Crippen LogP contribution in [0.3, 0.4) is 0 Å². The van der Waals surface area contributed by atoms with Gasteiger partial charge < -0.3 is 24.4 Å². The summed E-state index contributed by atoms with van der Waals surface area (Å²) < 4.78 is 17.1. The van der Waals surface area contributed by atoms with E-state index < -0.39 is 0 Å². The Bertz CT molecular complexity index is 934. The van der Waals surface area contributed by atoms with E-state index in [1.165, 1.54) is 0 Å². The molecular weight excluding hydrogens is 438 g/mol. The minimum absolute atomic E-state index is 0.212. The van der Waals surface area contributed by atoms with E-state index in [-0.39, 0.29) is 11.0 Å². The average Bonchev–Trinajstić information content (AvgIpc) is 2.78. The van der Waals surface area contributed by atoms with Crippen molar-refractivity contribution >= 4 is 34.6 Å². The van der Waals surface area contributed by atoms with Gasteiger partial charge in [-0.05, 0) is 89.7 Å². The van der Waals surface area contributed by atoms with Crippen molar-refractivity contribution in [3.8, 4) is 17.2 Å². The zero-order valence-electron chi connectivity index (χ0n) is 20.4. The molecule has 2 aromatic rings. The van der Waals surface area contributed by atoms with Crippen molar-refractivity contribution in [1.82, 2.24) is 5.32 Å². The Labute approximate surface area is 202 Å². The lowest BCUT2D eigenvalue weighted by atomic mass is 10.1. The van der Waals surface area contributed by atoms with Gasteiger partial charge in [0.15, 0.2) is 16.6 Å². The fourth-order valence-corrected chi connectivity index (χ4v) is 3.62. The first-order chi connectivity index (χ1) is 15.9. The van der Waals surface area contributed by atoms with Gasteiger partial charge in [0.25, 0.3) is 5.91 Å². The molecule has 180 valence electrons. The lowest BCUT2D eigenvalue weighted by Gasteiger charge is -2.22. The Kier molecular flexibility index (Phi) is 10.3. The number of nitrogens with zero attached hydrogens (tertiary/aromatic N) is 1. The van der Waals surface area contributed by atoms with Gasteiger partial charge in [-0.25, -0.2) is 0 Å². The number of hydrogen-bond acceptors (Lipinski definition) is 6. The molecule has 0 bridgehead atoms. The third-order valence-corrected chi connectivity index (χ3v) is 5.19. The number of carbonyl (C=O) groups excluding carboxylic acids is 1. The van der Waals surface area contributed by atoms with E-state index in [1.807, 2.05) is 39.8 Å². The first-order valence-electron chi connectivity index (χ1n) is 11.4. The summed E-state index contributed by atoms with van der Waals surface area (Å²) in [5.74, 6) is 1.03. The molecule has 7 nitrogen and oxygen atoms in total. The van der Waals surface area contributed by atoms with E-state index in [0.29, 0.717) is 42.6 Å². The standard InChI is InChI=1S/C25H35N3O4S/c1-7-28(8-2)19-12-13-20(17(6)14-19)26-25(33)27-24(29)18-15-21(30-9-3)23(32-11-5)22(16-18)31-10-4/h12-16H,7-11H2,1-6H3,(H2,26,27,29,33). The highest BCUT2D eigenvalue weighted by Gasteiger charge is 2.19. The van der Waals surface area contributed by atoms with Crippen LogP contribution in [0.5, 0.6) is 17.2 Å². The maximum atomic E-state index is 12.9. The van der Waals surface area contributed by atoms with Crippen LogP contribution in [0.15, 0.2) is 30.3 Å². The molecule has 0 fully saturated rings. The van der Waals surface area contributed by atoms with Crippen LogP contribution < -0.4 is 29.7 Å². The fraction of sp³-hybridized carbons (Fsp3) is 0.440. The van der Waals surface area contributed by atoms with Crippen LogP contribution in [0.25, 0.3) is 0 Å². The molecule has 0 aromatic heterocycles. The summed E-state index contributed by atoms with van der Waals surface area (Å²) in [6.07, 6.45) is 0. The number of thiocarbonyl (C=S) groups is 1. The van der Waals surface area contributed by atoms with Gasteiger partial charge in [0.2, 0.25) is 5.75 Å². The number of ether oxygens (including phenoxy) is 3. The molecule has 8 heteroatoms. The van der Waals surface area contributed by atoms with Gasteiger partial charge in [0.1, 0.15) is 0 Å². The number of nitrogens with one attached hydrogen (secondary N) is 2. The van der Waals surface area contributed by atoms with Crippen molar-refractivity contribution < 1.29 is 19.0 Å².